The highest BCUT2D eigenvalue weighted by molar-refractivity contribution is 7.80. The largest absolute Gasteiger partial charge is 0.392 e. The molecule has 0 heterocycles. The van der Waals surface area contributed by atoms with Crippen molar-refractivity contribution < 1.29 is 9.53 Å². The second-order valence-corrected chi connectivity index (χ2v) is 6.14. The van der Waals surface area contributed by atoms with Gasteiger partial charge in [-0.25, -0.2) is 0 Å². The Balaban J connectivity index is 2.25. The topological polar surface area (TPSA) is 64.3 Å². The van der Waals surface area contributed by atoms with Crippen LogP contribution < -0.4 is 11.1 Å². The molecule has 1 aliphatic carbocycles. The Morgan fingerprint density at radius 2 is 2.00 bits per heavy atom. The van der Waals surface area contributed by atoms with Gasteiger partial charge in [-0.1, -0.05) is 38.9 Å². The molecule has 110 valence electrons. The van der Waals surface area contributed by atoms with Crippen LogP contribution >= 0.6 is 12.2 Å². The number of carbonyl (C=O) groups is 1. The lowest BCUT2D eigenvalue weighted by Crippen LogP contribution is -2.47. The minimum absolute atomic E-state index is 0.0232. The number of rotatable bonds is 8. The van der Waals surface area contributed by atoms with Crippen molar-refractivity contribution in [2.75, 3.05) is 19.8 Å². The predicted octanol–water partition coefficient (Wildman–Crippen LogP) is 2.01. The molecule has 0 bridgehead atoms. The lowest BCUT2D eigenvalue weighted by molar-refractivity contribution is -0.127. The SMILES string of the molecule is CC(C)CCOCCNC(=O)C1(C(N)=S)CCCC1. The summed E-state index contributed by atoms with van der Waals surface area (Å²) in [4.78, 5) is 12.6. The monoisotopic (exact) mass is 286 g/mol. The molecule has 4 nitrogen and oxygen atoms in total. The Labute approximate surface area is 121 Å². The molecule has 0 aromatic heterocycles. The summed E-state index contributed by atoms with van der Waals surface area (Å²) in [5, 5.41) is 2.90. The number of hydrogen-bond acceptors (Lipinski definition) is 3. The summed E-state index contributed by atoms with van der Waals surface area (Å²) in [6.45, 7) is 6.15. The van der Waals surface area contributed by atoms with E-state index < -0.39 is 5.41 Å². The van der Waals surface area contributed by atoms with Crippen LogP contribution in [-0.4, -0.2) is 30.7 Å². The minimum Gasteiger partial charge on any atom is -0.392 e. The van der Waals surface area contributed by atoms with Gasteiger partial charge in [-0.05, 0) is 25.2 Å². The number of nitrogens with two attached hydrogens (primary N) is 1. The lowest BCUT2D eigenvalue weighted by Gasteiger charge is -2.26. The first-order valence-electron chi connectivity index (χ1n) is 7.15. The van der Waals surface area contributed by atoms with E-state index >= 15 is 0 Å². The summed E-state index contributed by atoms with van der Waals surface area (Å²) in [5.41, 5.74) is 5.15. The molecular weight excluding hydrogens is 260 g/mol. The first-order valence-corrected chi connectivity index (χ1v) is 7.56. The first kappa shape index (κ1) is 16.4. The van der Waals surface area contributed by atoms with Gasteiger partial charge in [0.25, 0.3) is 0 Å². The van der Waals surface area contributed by atoms with Gasteiger partial charge in [-0.3, -0.25) is 4.79 Å². The first-order chi connectivity index (χ1) is 8.99. The highest BCUT2D eigenvalue weighted by Crippen LogP contribution is 2.38. The van der Waals surface area contributed by atoms with Crippen molar-refractivity contribution in [3.05, 3.63) is 0 Å². The average molecular weight is 286 g/mol. The molecule has 0 saturated heterocycles. The van der Waals surface area contributed by atoms with Crippen LogP contribution in [0.3, 0.4) is 0 Å². The molecule has 5 heteroatoms. The number of hydrogen-bond donors (Lipinski definition) is 2. The molecule has 19 heavy (non-hydrogen) atoms. The zero-order valence-corrected chi connectivity index (χ0v) is 12.9. The van der Waals surface area contributed by atoms with E-state index in [9.17, 15) is 4.79 Å². The van der Waals surface area contributed by atoms with E-state index in [-0.39, 0.29) is 5.91 Å². The van der Waals surface area contributed by atoms with Crippen LogP contribution in [-0.2, 0) is 9.53 Å². The van der Waals surface area contributed by atoms with Gasteiger partial charge in [0.2, 0.25) is 5.91 Å². The van der Waals surface area contributed by atoms with Gasteiger partial charge < -0.3 is 15.8 Å². The van der Waals surface area contributed by atoms with Crippen LogP contribution in [0.15, 0.2) is 0 Å². The summed E-state index contributed by atoms with van der Waals surface area (Å²) in [7, 11) is 0. The minimum atomic E-state index is -0.604. The van der Waals surface area contributed by atoms with Gasteiger partial charge in [0.05, 0.1) is 17.0 Å². The highest BCUT2D eigenvalue weighted by atomic mass is 32.1. The van der Waals surface area contributed by atoms with E-state index in [1.54, 1.807) is 0 Å². The van der Waals surface area contributed by atoms with E-state index in [0.717, 1.165) is 38.7 Å². The third kappa shape index (κ3) is 4.73. The Morgan fingerprint density at radius 3 is 2.53 bits per heavy atom. The molecule has 0 atom stereocenters. The fourth-order valence-corrected chi connectivity index (χ4v) is 2.69. The molecule has 0 aliphatic heterocycles. The van der Waals surface area contributed by atoms with Crippen LogP contribution in [0.2, 0.25) is 0 Å². The smallest absolute Gasteiger partial charge is 0.233 e. The number of amides is 1. The summed E-state index contributed by atoms with van der Waals surface area (Å²) in [6.07, 6.45) is 4.65. The Morgan fingerprint density at radius 1 is 1.37 bits per heavy atom. The molecule has 0 radical (unpaired) electrons. The Bertz CT molecular complexity index is 313. The number of thiocarbonyl (C=S) groups is 1. The van der Waals surface area contributed by atoms with Gasteiger partial charge in [-0.15, -0.1) is 0 Å². The van der Waals surface area contributed by atoms with Crippen molar-refractivity contribution in [2.24, 2.45) is 17.1 Å². The highest BCUT2D eigenvalue weighted by Gasteiger charge is 2.43. The van der Waals surface area contributed by atoms with Crippen molar-refractivity contribution in [3.8, 4) is 0 Å². The van der Waals surface area contributed by atoms with Crippen LogP contribution in [0.5, 0.6) is 0 Å². The lowest BCUT2D eigenvalue weighted by atomic mass is 9.85. The molecule has 0 aromatic rings. The molecule has 1 rings (SSSR count). The maximum atomic E-state index is 12.2. The molecule has 1 saturated carbocycles. The zero-order chi connectivity index (χ0) is 14.3. The average Bonchev–Trinajstić information content (AvgIpc) is 2.83. The molecule has 1 amide bonds. The summed E-state index contributed by atoms with van der Waals surface area (Å²) < 4.78 is 5.47. The zero-order valence-electron chi connectivity index (χ0n) is 12.0. The van der Waals surface area contributed by atoms with Gasteiger partial charge in [0.1, 0.15) is 0 Å². The maximum Gasteiger partial charge on any atom is 0.233 e. The Kier molecular flexibility index (Phi) is 6.72. The van der Waals surface area contributed by atoms with Crippen molar-refractivity contribution in [2.45, 2.75) is 46.0 Å². The molecule has 1 aliphatic rings. The van der Waals surface area contributed by atoms with Crippen molar-refractivity contribution >= 4 is 23.1 Å². The summed E-state index contributed by atoms with van der Waals surface area (Å²) in [6, 6.07) is 0. The molecule has 0 unspecified atom stereocenters. The third-order valence-corrected chi connectivity index (χ3v) is 4.13. The van der Waals surface area contributed by atoms with Crippen LogP contribution in [0, 0.1) is 11.3 Å². The van der Waals surface area contributed by atoms with E-state index in [1.807, 2.05) is 0 Å². The molecular formula is C14H26N2O2S. The van der Waals surface area contributed by atoms with Crippen LogP contribution in [0.4, 0.5) is 0 Å². The number of ether oxygens (including phenoxy) is 1. The van der Waals surface area contributed by atoms with Crippen LogP contribution in [0.1, 0.15) is 46.0 Å². The normalized spacial score (nSPS) is 17.6. The van der Waals surface area contributed by atoms with Crippen molar-refractivity contribution in [3.63, 3.8) is 0 Å². The van der Waals surface area contributed by atoms with E-state index in [4.69, 9.17) is 22.7 Å². The van der Waals surface area contributed by atoms with Gasteiger partial charge in [-0.2, -0.15) is 0 Å². The molecule has 0 aromatic carbocycles. The second kappa shape index (κ2) is 7.80. The molecule has 3 N–H and O–H groups in total. The second-order valence-electron chi connectivity index (χ2n) is 5.70. The quantitative estimate of drug-likeness (QED) is 0.529. The van der Waals surface area contributed by atoms with Crippen molar-refractivity contribution in [1.82, 2.24) is 5.32 Å². The maximum absolute atomic E-state index is 12.2. The predicted molar refractivity (Wildman–Crippen MR) is 81.0 cm³/mol. The molecule has 1 fully saturated rings. The van der Waals surface area contributed by atoms with Gasteiger partial charge in [0.15, 0.2) is 0 Å². The van der Waals surface area contributed by atoms with Crippen LogP contribution in [0.25, 0.3) is 0 Å². The number of carbonyl (C=O) groups excluding carboxylic acids is 1. The van der Waals surface area contributed by atoms with E-state index in [1.165, 1.54) is 0 Å². The van der Waals surface area contributed by atoms with E-state index in [2.05, 4.69) is 19.2 Å². The standard InChI is InChI=1S/C14H26N2O2S/c1-11(2)5-9-18-10-8-16-13(17)14(12(15)19)6-3-4-7-14/h11H,3-10H2,1-2H3,(H2,15,19)(H,16,17). The summed E-state index contributed by atoms with van der Waals surface area (Å²) in [5.74, 6) is 0.621. The third-order valence-electron chi connectivity index (χ3n) is 3.73. The summed E-state index contributed by atoms with van der Waals surface area (Å²) >= 11 is 5.08. The number of nitrogens with one attached hydrogen (secondary N) is 1. The fourth-order valence-electron chi connectivity index (χ4n) is 2.39. The van der Waals surface area contributed by atoms with E-state index in [0.29, 0.717) is 24.1 Å². The Hall–Kier alpha value is -0.680. The van der Waals surface area contributed by atoms with Crippen molar-refractivity contribution in [1.29, 1.82) is 0 Å². The van der Waals surface area contributed by atoms with Gasteiger partial charge in [0, 0.05) is 13.2 Å². The fraction of sp³-hybridized carbons (Fsp3) is 0.857. The van der Waals surface area contributed by atoms with Gasteiger partial charge >= 0.3 is 0 Å². The molecule has 0 spiro atoms.